The maximum Gasteiger partial charge on any atom is 0.0499 e. The monoisotopic (exact) mass is 685 g/mol. The summed E-state index contributed by atoms with van der Waals surface area (Å²) in [5.41, 5.74) is 20.5. The maximum absolute atomic E-state index is 2.49. The van der Waals surface area contributed by atoms with Crippen molar-refractivity contribution in [3.8, 4) is 44.5 Å². The second kappa shape index (κ2) is 11.9. The van der Waals surface area contributed by atoms with Crippen LogP contribution in [0.2, 0.25) is 0 Å². The Morgan fingerprint density at radius 1 is 0.377 bits per heavy atom. The molecule has 260 valence electrons. The van der Waals surface area contributed by atoms with Gasteiger partial charge >= 0.3 is 0 Å². The van der Waals surface area contributed by atoms with Gasteiger partial charge in [-0.3, -0.25) is 0 Å². The first-order chi connectivity index (χ1) is 25.4. The summed E-state index contributed by atoms with van der Waals surface area (Å²) in [7, 11) is 0. The normalized spacial score (nSPS) is 14.6. The Kier molecular flexibility index (Phi) is 7.48. The minimum absolute atomic E-state index is 0.0432. The highest BCUT2D eigenvalue weighted by Gasteiger charge is 2.37. The number of nitrogens with zero attached hydrogens (tertiary/aromatic N) is 1. The molecule has 0 aliphatic heterocycles. The molecule has 0 amide bonds. The van der Waals surface area contributed by atoms with E-state index in [0.29, 0.717) is 0 Å². The van der Waals surface area contributed by atoms with Crippen LogP contribution < -0.4 is 4.90 Å². The van der Waals surface area contributed by atoms with E-state index >= 15 is 0 Å². The van der Waals surface area contributed by atoms with E-state index < -0.39 is 0 Å². The van der Waals surface area contributed by atoms with Gasteiger partial charge in [0.2, 0.25) is 0 Å². The highest BCUT2D eigenvalue weighted by molar-refractivity contribution is 5.88. The van der Waals surface area contributed by atoms with Gasteiger partial charge in [-0.15, -0.1) is 0 Å². The fourth-order valence-electron chi connectivity index (χ4n) is 9.09. The first kappa shape index (κ1) is 33.2. The Labute approximate surface area is 315 Å². The number of anilines is 3. The summed E-state index contributed by atoms with van der Waals surface area (Å²) < 4.78 is 0. The Morgan fingerprint density at radius 3 is 1.45 bits per heavy atom. The zero-order valence-electron chi connectivity index (χ0n) is 32.0. The summed E-state index contributed by atoms with van der Waals surface area (Å²) in [6, 6.07) is 58.9. The second-order valence-electron chi connectivity index (χ2n) is 17.1. The lowest BCUT2D eigenvalue weighted by atomic mass is 9.80. The van der Waals surface area contributed by atoms with E-state index in [0.717, 1.165) is 5.69 Å². The van der Waals surface area contributed by atoms with Gasteiger partial charge in [-0.2, -0.15) is 0 Å². The zero-order chi connectivity index (χ0) is 36.7. The molecule has 0 bridgehead atoms. The Morgan fingerprint density at radius 2 is 0.830 bits per heavy atom. The summed E-state index contributed by atoms with van der Waals surface area (Å²) in [6.07, 6.45) is 0. The van der Waals surface area contributed by atoms with Crippen molar-refractivity contribution in [3.63, 3.8) is 0 Å². The largest absolute Gasteiger partial charge is 0.310 e. The summed E-state index contributed by atoms with van der Waals surface area (Å²) in [6.45, 7) is 16.5. The highest BCUT2D eigenvalue weighted by Crippen LogP contribution is 2.52. The van der Waals surface area contributed by atoms with Gasteiger partial charge in [0.05, 0.1) is 0 Å². The molecular weight excluding hydrogens is 639 g/mol. The predicted octanol–water partition coefficient (Wildman–Crippen LogP) is 14.4. The standard InChI is InChI=1S/C52H47N/c1-50(2,3)48-32-37(36-23-28-42-40-17-11-13-19-44(40)51(4,5)46(42)31-36)24-30-49(48)53(38-25-21-35(22-26-38)34-15-9-8-10-16-34)39-27-29-43-41-18-12-14-20-45(41)52(6,7)47(43)33-39/h8-33H,1-7H3. The number of hydrogen-bond donors (Lipinski definition) is 0. The molecule has 53 heavy (non-hydrogen) atoms. The van der Waals surface area contributed by atoms with E-state index in [1.165, 1.54) is 83.7 Å². The average Bonchev–Trinajstić information content (AvgIpc) is 3.54. The molecule has 7 aromatic rings. The molecule has 0 atom stereocenters. The van der Waals surface area contributed by atoms with Crippen molar-refractivity contribution in [2.75, 3.05) is 4.90 Å². The molecule has 1 heteroatoms. The minimum atomic E-state index is -0.119. The Balaban J connectivity index is 1.20. The van der Waals surface area contributed by atoms with Crippen LogP contribution in [0, 0.1) is 0 Å². The molecule has 0 spiro atoms. The molecule has 7 aromatic carbocycles. The SMILES string of the molecule is CC(C)(C)c1cc(-c2ccc3c(c2)C(C)(C)c2ccccc2-3)ccc1N(c1ccc(-c2ccccc2)cc1)c1ccc2c(c1)C(C)(C)c1ccccc1-2. The molecule has 0 saturated heterocycles. The van der Waals surface area contributed by atoms with Crippen LogP contribution in [0.3, 0.4) is 0 Å². The van der Waals surface area contributed by atoms with E-state index in [1.54, 1.807) is 0 Å². The van der Waals surface area contributed by atoms with Gasteiger partial charge in [-0.05, 0) is 120 Å². The quantitative estimate of drug-likeness (QED) is 0.174. The van der Waals surface area contributed by atoms with E-state index in [-0.39, 0.29) is 16.2 Å². The van der Waals surface area contributed by atoms with Crippen molar-refractivity contribution in [3.05, 3.63) is 186 Å². The van der Waals surface area contributed by atoms with Crippen LogP contribution >= 0.6 is 0 Å². The molecule has 0 N–H and O–H groups in total. The topological polar surface area (TPSA) is 3.24 Å². The van der Waals surface area contributed by atoms with Crippen LogP contribution in [0.5, 0.6) is 0 Å². The molecule has 2 aliphatic carbocycles. The highest BCUT2D eigenvalue weighted by atomic mass is 15.1. The van der Waals surface area contributed by atoms with Crippen molar-refractivity contribution in [2.45, 2.75) is 64.7 Å². The Hall–Kier alpha value is -5.66. The van der Waals surface area contributed by atoms with Crippen molar-refractivity contribution in [1.29, 1.82) is 0 Å². The first-order valence-corrected chi connectivity index (χ1v) is 19.0. The molecule has 0 fully saturated rings. The molecule has 0 saturated carbocycles. The fraction of sp³-hybridized carbons (Fsp3) is 0.192. The molecule has 9 rings (SSSR count). The van der Waals surface area contributed by atoms with Crippen molar-refractivity contribution < 1.29 is 0 Å². The van der Waals surface area contributed by atoms with Gasteiger partial charge in [-0.1, -0.05) is 164 Å². The lowest BCUT2D eigenvalue weighted by Crippen LogP contribution is -2.20. The number of fused-ring (bicyclic) bond motifs is 6. The van der Waals surface area contributed by atoms with Crippen LogP contribution in [-0.2, 0) is 16.2 Å². The molecule has 0 heterocycles. The molecule has 2 aliphatic rings. The van der Waals surface area contributed by atoms with Gasteiger partial charge in [-0.25, -0.2) is 0 Å². The molecule has 0 radical (unpaired) electrons. The van der Waals surface area contributed by atoms with Gasteiger partial charge < -0.3 is 4.90 Å². The van der Waals surface area contributed by atoms with Crippen LogP contribution in [0.15, 0.2) is 158 Å². The van der Waals surface area contributed by atoms with Crippen LogP contribution in [-0.4, -0.2) is 0 Å². The summed E-state index contributed by atoms with van der Waals surface area (Å²) >= 11 is 0. The maximum atomic E-state index is 2.49. The van der Waals surface area contributed by atoms with E-state index in [1.807, 2.05) is 0 Å². The lowest BCUT2D eigenvalue weighted by Gasteiger charge is -2.33. The zero-order valence-corrected chi connectivity index (χ0v) is 32.0. The molecule has 0 unspecified atom stereocenters. The third kappa shape index (κ3) is 5.28. The predicted molar refractivity (Wildman–Crippen MR) is 226 cm³/mol. The minimum Gasteiger partial charge on any atom is -0.310 e. The first-order valence-electron chi connectivity index (χ1n) is 19.0. The van der Waals surface area contributed by atoms with Crippen LogP contribution in [0.25, 0.3) is 44.5 Å². The third-order valence-electron chi connectivity index (χ3n) is 12.0. The molecule has 0 aromatic heterocycles. The summed E-state index contributed by atoms with van der Waals surface area (Å²) in [5, 5.41) is 0. The number of hydrogen-bond acceptors (Lipinski definition) is 1. The molecular formula is C52H47N. The van der Waals surface area contributed by atoms with Gasteiger partial charge in [0.25, 0.3) is 0 Å². The Bertz CT molecular complexity index is 2530. The second-order valence-corrected chi connectivity index (χ2v) is 17.1. The van der Waals surface area contributed by atoms with E-state index in [4.69, 9.17) is 0 Å². The van der Waals surface area contributed by atoms with Crippen molar-refractivity contribution in [1.82, 2.24) is 0 Å². The lowest BCUT2D eigenvalue weighted by molar-refractivity contribution is 0.591. The van der Waals surface area contributed by atoms with E-state index in [9.17, 15) is 0 Å². The smallest absolute Gasteiger partial charge is 0.0499 e. The van der Waals surface area contributed by atoms with E-state index in [2.05, 4.69) is 211 Å². The third-order valence-corrected chi connectivity index (χ3v) is 12.0. The van der Waals surface area contributed by atoms with Crippen LogP contribution in [0.1, 0.15) is 76.3 Å². The fourth-order valence-corrected chi connectivity index (χ4v) is 9.09. The average molecular weight is 686 g/mol. The van der Waals surface area contributed by atoms with Crippen molar-refractivity contribution in [2.24, 2.45) is 0 Å². The van der Waals surface area contributed by atoms with Crippen molar-refractivity contribution >= 4 is 17.1 Å². The summed E-state index contributed by atoms with van der Waals surface area (Å²) in [4.78, 5) is 2.49. The van der Waals surface area contributed by atoms with Gasteiger partial charge in [0.15, 0.2) is 0 Å². The van der Waals surface area contributed by atoms with Gasteiger partial charge in [0, 0.05) is 27.9 Å². The van der Waals surface area contributed by atoms with Crippen LogP contribution in [0.4, 0.5) is 17.1 Å². The van der Waals surface area contributed by atoms with Gasteiger partial charge in [0.1, 0.15) is 0 Å². The number of rotatable bonds is 5. The number of benzene rings is 7. The molecule has 1 nitrogen and oxygen atoms in total. The summed E-state index contributed by atoms with van der Waals surface area (Å²) in [5.74, 6) is 0.